The second-order valence-corrected chi connectivity index (χ2v) is 4.80. The van der Waals surface area contributed by atoms with Gasteiger partial charge < -0.3 is 10.2 Å². The van der Waals surface area contributed by atoms with Crippen molar-refractivity contribution < 1.29 is 0 Å². The van der Waals surface area contributed by atoms with E-state index in [-0.39, 0.29) is 0 Å². The minimum atomic E-state index is 0.682. The first kappa shape index (κ1) is 12.4. The first-order valence-electron chi connectivity index (χ1n) is 6.71. The van der Waals surface area contributed by atoms with Crippen molar-refractivity contribution >= 4 is 5.82 Å². The zero-order valence-corrected chi connectivity index (χ0v) is 10.9. The number of nitrogens with one attached hydrogen (secondary N) is 1. The summed E-state index contributed by atoms with van der Waals surface area (Å²) in [4.78, 5) is 7.03. The van der Waals surface area contributed by atoms with Gasteiger partial charge in [-0.15, -0.1) is 0 Å². The van der Waals surface area contributed by atoms with Gasteiger partial charge in [-0.25, -0.2) is 4.98 Å². The van der Waals surface area contributed by atoms with Crippen LogP contribution in [0.1, 0.15) is 38.2 Å². The SMILES string of the molecule is CCC1CCCCN1c1cc(CNC)ccn1. The van der Waals surface area contributed by atoms with Crippen molar-refractivity contribution in [3.8, 4) is 0 Å². The number of aromatic nitrogens is 1. The topological polar surface area (TPSA) is 28.2 Å². The van der Waals surface area contributed by atoms with Crippen LogP contribution < -0.4 is 10.2 Å². The smallest absolute Gasteiger partial charge is 0.129 e. The third-order valence-electron chi connectivity index (χ3n) is 3.58. The number of pyridine rings is 1. The standard InChI is InChI=1S/C14H23N3/c1-3-13-6-4-5-9-17(13)14-10-12(11-15-2)7-8-16-14/h7-8,10,13,15H,3-6,9,11H2,1-2H3. The number of rotatable bonds is 4. The lowest BCUT2D eigenvalue weighted by atomic mass is 10.00. The predicted octanol–water partition coefficient (Wildman–Crippen LogP) is 2.57. The fourth-order valence-corrected chi connectivity index (χ4v) is 2.66. The highest BCUT2D eigenvalue weighted by atomic mass is 15.2. The molecule has 1 fully saturated rings. The number of anilines is 1. The molecule has 1 unspecified atom stereocenters. The van der Waals surface area contributed by atoms with Crippen LogP contribution in [0.25, 0.3) is 0 Å². The molecule has 0 aromatic carbocycles. The summed E-state index contributed by atoms with van der Waals surface area (Å²) in [6, 6.07) is 5.00. The second-order valence-electron chi connectivity index (χ2n) is 4.80. The number of nitrogens with zero attached hydrogens (tertiary/aromatic N) is 2. The molecule has 94 valence electrons. The Bertz CT molecular complexity index is 351. The number of hydrogen-bond acceptors (Lipinski definition) is 3. The molecule has 3 heteroatoms. The molecule has 1 N–H and O–H groups in total. The molecule has 1 aromatic heterocycles. The average Bonchev–Trinajstić information content (AvgIpc) is 2.39. The lowest BCUT2D eigenvalue weighted by molar-refractivity contribution is 0.446. The molecule has 0 saturated carbocycles. The zero-order valence-electron chi connectivity index (χ0n) is 10.9. The first-order chi connectivity index (χ1) is 8.35. The Balaban J connectivity index is 2.16. The summed E-state index contributed by atoms with van der Waals surface area (Å²) in [7, 11) is 1.98. The summed E-state index contributed by atoms with van der Waals surface area (Å²) >= 11 is 0. The molecule has 0 radical (unpaired) electrons. The maximum Gasteiger partial charge on any atom is 0.129 e. The highest BCUT2D eigenvalue weighted by Gasteiger charge is 2.21. The van der Waals surface area contributed by atoms with E-state index in [2.05, 4.69) is 34.3 Å². The van der Waals surface area contributed by atoms with Crippen LogP contribution >= 0.6 is 0 Å². The van der Waals surface area contributed by atoms with E-state index in [4.69, 9.17) is 0 Å². The molecule has 1 aliphatic rings. The van der Waals surface area contributed by atoms with Gasteiger partial charge in [0.15, 0.2) is 0 Å². The summed E-state index contributed by atoms with van der Waals surface area (Å²) in [5.41, 5.74) is 1.32. The van der Waals surface area contributed by atoms with Gasteiger partial charge in [-0.05, 0) is 50.4 Å². The Hall–Kier alpha value is -1.09. The summed E-state index contributed by atoms with van der Waals surface area (Å²) in [5, 5.41) is 3.19. The molecular formula is C14H23N3. The third kappa shape index (κ3) is 2.97. The van der Waals surface area contributed by atoms with Gasteiger partial charge in [-0.3, -0.25) is 0 Å². The van der Waals surface area contributed by atoms with E-state index < -0.39 is 0 Å². The molecule has 0 bridgehead atoms. The Morgan fingerprint density at radius 3 is 3.12 bits per heavy atom. The Kier molecular flexibility index (Phi) is 4.37. The van der Waals surface area contributed by atoms with Gasteiger partial charge in [-0.1, -0.05) is 6.92 Å². The van der Waals surface area contributed by atoms with Crippen molar-refractivity contribution in [3.63, 3.8) is 0 Å². The van der Waals surface area contributed by atoms with Crippen LogP contribution in [0.5, 0.6) is 0 Å². The van der Waals surface area contributed by atoms with Crippen LogP contribution in [0.15, 0.2) is 18.3 Å². The maximum atomic E-state index is 4.54. The van der Waals surface area contributed by atoms with E-state index in [1.165, 1.54) is 31.2 Å². The van der Waals surface area contributed by atoms with Crippen LogP contribution in [0.2, 0.25) is 0 Å². The van der Waals surface area contributed by atoms with Crippen molar-refractivity contribution in [2.75, 3.05) is 18.5 Å². The van der Waals surface area contributed by atoms with Gasteiger partial charge in [0.05, 0.1) is 0 Å². The quantitative estimate of drug-likeness (QED) is 0.866. The van der Waals surface area contributed by atoms with Crippen molar-refractivity contribution in [3.05, 3.63) is 23.9 Å². The van der Waals surface area contributed by atoms with Gasteiger partial charge in [0.2, 0.25) is 0 Å². The fourth-order valence-electron chi connectivity index (χ4n) is 2.66. The fraction of sp³-hybridized carbons (Fsp3) is 0.643. The van der Waals surface area contributed by atoms with E-state index in [1.807, 2.05) is 13.2 Å². The molecule has 3 nitrogen and oxygen atoms in total. The highest BCUT2D eigenvalue weighted by molar-refractivity contribution is 5.42. The zero-order chi connectivity index (χ0) is 12.1. The van der Waals surface area contributed by atoms with Gasteiger partial charge in [0, 0.05) is 25.3 Å². The van der Waals surface area contributed by atoms with E-state index in [1.54, 1.807) is 0 Å². The molecule has 2 rings (SSSR count). The van der Waals surface area contributed by atoms with Crippen molar-refractivity contribution in [1.82, 2.24) is 10.3 Å². The highest BCUT2D eigenvalue weighted by Crippen LogP contribution is 2.25. The minimum Gasteiger partial charge on any atom is -0.354 e. The second kappa shape index (κ2) is 6.01. The largest absolute Gasteiger partial charge is 0.354 e. The van der Waals surface area contributed by atoms with E-state index in [0.29, 0.717) is 6.04 Å². The maximum absolute atomic E-state index is 4.54. The molecular weight excluding hydrogens is 210 g/mol. The summed E-state index contributed by atoms with van der Waals surface area (Å²) in [6.07, 6.45) is 7.13. The van der Waals surface area contributed by atoms with Crippen molar-refractivity contribution in [1.29, 1.82) is 0 Å². The van der Waals surface area contributed by atoms with E-state index in [9.17, 15) is 0 Å². The van der Waals surface area contributed by atoms with Crippen LogP contribution in [-0.2, 0) is 6.54 Å². The van der Waals surface area contributed by atoms with Gasteiger partial charge in [-0.2, -0.15) is 0 Å². The molecule has 17 heavy (non-hydrogen) atoms. The van der Waals surface area contributed by atoms with Crippen molar-refractivity contribution in [2.24, 2.45) is 0 Å². The molecule has 0 aliphatic carbocycles. The average molecular weight is 233 g/mol. The minimum absolute atomic E-state index is 0.682. The monoisotopic (exact) mass is 233 g/mol. The molecule has 1 aromatic rings. The van der Waals surface area contributed by atoms with Gasteiger partial charge in [0.1, 0.15) is 5.82 Å². The third-order valence-corrected chi connectivity index (χ3v) is 3.58. The molecule has 1 aliphatic heterocycles. The number of hydrogen-bond donors (Lipinski definition) is 1. The number of piperidine rings is 1. The summed E-state index contributed by atoms with van der Waals surface area (Å²) in [6.45, 7) is 4.36. The Morgan fingerprint density at radius 2 is 2.35 bits per heavy atom. The van der Waals surface area contributed by atoms with Gasteiger partial charge >= 0.3 is 0 Å². The molecule has 1 atom stereocenters. The molecule has 0 amide bonds. The normalized spacial score (nSPS) is 20.6. The van der Waals surface area contributed by atoms with Crippen LogP contribution in [0.3, 0.4) is 0 Å². The molecule has 0 spiro atoms. The Morgan fingerprint density at radius 1 is 1.47 bits per heavy atom. The summed E-state index contributed by atoms with van der Waals surface area (Å²) < 4.78 is 0. The van der Waals surface area contributed by atoms with Crippen LogP contribution in [-0.4, -0.2) is 24.6 Å². The van der Waals surface area contributed by atoms with Gasteiger partial charge in [0.25, 0.3) is 0 Å². The molecule has 1 saturated heterocycles. The van der Waals surface area contributed by atoms with E-state index in [0.717, 1.165) is 18.9 Å². The van der Waals surface area contributed by atoms with E-state index >= 15 is 0 Å². The first-order valence-corrected chi connectivity index (χ1v) is 6.71. The Labute approximate surface area is 104 Å². The summed E-state index contributed by atoms with van der Waals surface area (Å²) in [5.74, 6) is 1.16. The van der Waals surface area contributed by atoms with Crippen LogP contribution in [0.4, 0.5) is 5.82 Å². The van der Waals surface area contributed by atoms with Crippen LogP contribution in [0, 0.1) is 0 Å². The van der Waals surface area contributed by atoms with Crippen molar-refractivity contribution in [2.45, 2.75) is 45.2 Å². The predicted molar refractivity (Wildman–Crippen MR) is 72.3 cm³/mol. The molecule has 2 heterocycles. The lowest BCUT2D eigenvalue weighted by Crippen LogP contribution is -2.39. The lowest BCUT2D eigenvalue weighted by Gasteiger charge is -2.36.